The first-order valence-electron chi connectivity index (χ1n) is 6.38. The Morgan fingerprint density at radius 2 is 2.18 bits per heavy atom. The Hall–Kier alpha value is -1.22. The minimum atomic E-state index is 0.252. The second kappa shape index (κ2) is 5.41. The Balaban J connectivity index is 2.25. The highest BCUT2D eigenvalue weighted by atomic mass is 16.5. The van der Waals surface area contributed by atoms with Gasteiger partial charge in [0.05, 0.1) is 13.2 Å². The molecule has 0 saturated carbocycles. The summed E-state index contributed by atoms with van der Waals surface area (Å²) >= 11 is 0. The van der Waals surface area contributed by atoms with Crippen LogP contribution in [0.5, 0.6) is 11.5 Å². The highest BCUT2D eigenvalue weighted by Crippen LogP contribution is 2.40. The molecule has 1 heterocycles. The van der Waals surface area contributed by atoms with E-state index in [1.165, 1.54) is 5.56 Å². The molecule has 1 aliphatic heterocycles. The number of hydrogen-bond acceptors (Lipinski definition) is 3. The first-order valence-corrected chi connectivity index (χ1v) is 6.38. The summed E-state index contributed by atoms with van der Waals surface area (Å²) in [4.78, 5) is 0. The third-order valence-corrected chi connectivity index (χ3v) is 3.20. The number of ether oxygens (including phenoxy) is 2. The third kappa shape index (κ3) is 2.39. The van der Waals surface area contributed by atoms with Gasteiger partial charge in [-0.1, -0.05) is 20.3 Å². The molecule has 0 saturated heterocycles. The van der Waals surface area contributed by atoms with Crippen LogP contribution in [0.4, 0.5) is 0 Å². The molecule has 0 amide bonds. The summed E-state index contributed by atoms with van der Waals surface area (Å²) in [5.41, 5.74) is 1.26. The molecule has 0 bridgehead atoms. The molecule has 0 fully saturated rings. The van der Waals surface area contributed by atoms with Crippen LogP contribution < -0.4 is 14.8 Å². The number of hydrogen-bond donors (Lipinski definition) is 1. The molecule has 17 heavy (non-hydrogen) atoms. The lowest BCUT2D eigenvalue weighted by Gasteiger charge is -2.18. The predicted octanol–water partition coefficient (Wildman–Crippen LogP) is 2.91. The van der Waals surface area contributed by atoms with Crippen molar-refractivity contribution in [1.82, 2.24) is 5.32 Å². The normalized spacial score (nSPS) is 22.1. The average Bonchev–Trinajstić information content (AvgIpc) is 2.68. The SMILES string of the molecule is CCCC1Oc2cc(OC)ccc2C1NCC. The largest absolute Gasteiger partial charge is 0.497 e. The van der Waals surface area contributed by atoms with E-state index in [4.69, 9.17) is 9.47 Å². The first-order chi connectivity index (χ1) is 8.30. The maximum Gasteiger partial charge on any atom is 0.128 e. The Morgan fingerprint density at radius 3 is 2.82 bits per heavy atom. The molecule has 2 unspecified atom stereocenters. The van der Waals surface area contributed by atoms with Crippen molar-refractivity contribution in [3.8, 4) is 11.5 Å². The van der Waals surface area contributed by atoms with Crippen LogP contribution in [0, 0.1) is 0 Å². The molecule has 2 atom stereocenters. The Morgan fingerprint density at radius 1 is 1.35 bits per heavy atom. The van der Waals surface area contributed by atoms with E-state index in [0.29, 0.717) is 6.04 Å². The number of methoxy groups -OCH3 is 1. The van der Waals surface area contributed by atoms with E-state index >= 15 is 0 Å². The lowest BCUT2D eigenvalue weighted by Crippen LogP contribution is -2.30. The van der Waals surface area contributed by atoms with Gasteiger partial charge in [0.2, 0.25) is 0 Å². The summed E-state index contributed by atoms with van der Waals surface area (Å²) in [5, 5.41) is 3.51. The van der Waals surface area contributed by atoms with Crippen molar-refractivity contribution in [3.05, 3.63) is 23.8 Å². The lowest BCUT2D eigenvalue weighted by molar-refractivity contribution is 0.179. The molecule has 3 nitrogen and oxygen atoms in total. The average molecular weight is 235 g/mol. The lowest BCUT2D eigenvalue weighted by atomic mass is 10.0. The van der Waals surface area contributed by atoms with Gasteiger partial charge in [-0.25, -0.2) is 0 Å². The van der Waals surface area contributed by atoms with Gasteiger partial charge in [-0.3, -0.25) is 0 Å². The van der Waals surface area contributed by atoms with Crippen LogP contribution in [-0.2, 0) is 0 Å². The quantitative estimate of drug-likeness (QED) is 0.851. The molecule has 1 aliphatic rings. The van der Waals surface area contributed by atoms with Crippen LogP contribution in [0.3, 0.4) is 0 Å². The molecule has 1 N–H and O–H groups in total. The van der Waals surface area contributed by atoms with Crippen molar-refractivity contribution in [3.63, 3.8) is 0 Å². The molecule has 0 aliphatic carbocycles. The van der Waals surface area contributed by atoms with E-state index < -0.39 is 0 Å². The Labute approximate surface area is 103 Å². The molecule has 94 valence electrons. The highest BCUT2D eigenvalue weighted by Gasteiger charge is 2.33. The predicted molar refractivity (Wildman–Crippen MR) is 68.7 cm³/mol. The minimum absolute atomic E-state index is 0.252. The summed E-state index contributed by atoms with van der Waals surface area (Å²) in [6, 6.07) is 6.41. The fourth-order valence-electron chi connectivity index (χ4n) is 2.40. The summed E-state index contributed by atoms with van der Waals surface area (Å²) in [6.07, 6.45) is 2.47. The fourth-order valence-corrected chi connectivity index (χ4v) is 2.40. The number of rotatable bonds is 5. The Bertz CT molecular complexity index is 378. The van der Waals surface area contributed by atoms with Gasteiger partial charge in [0, 0.05) is 11.6 Å². The van der Waals surface area contributed by atoms with Gasteiger partial charge < -0.3 is 14.8 Å². The van der Waals surface area contributed by atoms with E-state index in [1.807, 2.05) is 12.1 Å². The van der Waals surface area contributed by atoms with Gasteiger partial charge in [-0.15, -0.1) is 0 Å². The molecule has 0 radical (unpaired) electrons. The van der Waals surface area contributed by atoms with Crippen LogP contribution in [0.25, 0.3) is 0 Å². The molecule has 0 aromatic heterocycles. The smallest absolute Gasteiger partial charge is 0.128 e. The van der Waals surface area contributed by atoms with Gasteiger partial charge in [0.1, 0.15) is 17.6 Å². The molecule has 0 spiro atoms. The van der Waals surface area contributed by atoms with Crippen molar-refractivity contribution in [2.45, 2.75) is 38.8 Å². The number of fused-ring (bicyclic) bond motifs is 1. The van der Waals surface area contributed by atoms with E-state index in [2.05, 4.69) is 25.2 Å². The number of benzene rings is 1. The number of nitrogens with one attached hydrogen (secondary N) is 1. The molecular formula is C14H21NO2. The van der Waals surface area contributed by atoms with Gasteiger partial charge >= 0.3 is 0 Å². The second-order valence-electron chi connectivity index (χ2n) is 4.38. The molecular weight excluding hydrogens is 214 g/mol. The van der Waals surface area contributed by atoms with Gasteiger partial charge in [0.25, 0.3) is 0 Å². The highest BCUT2D eigenvalue weighted by molar-refractivity contribution is 5.45. The summed E-state index contributed by atoms with van der Waals surface area (Å²) < 4.78 is 11.2. The zero-order chi connectivity index (χ0) is 12.3. The minimum Gasteiger partial charge on any atom is -0.497 e. The van der Waals surface area contributed by atoms with Crippen LogP contribution in [0.15, 0.2) is 18.2 Å². The molecule has 1 aromatic carbocycles. The maximum atomic E-state index is 6.01. The maximum absolute atomic E-state index is 6.01. The van der Waals surface area contributed by atoms with Crippen molar-refractivity contribution in [1.29, 1.82) is 0 Å². The summed E-state index contributed by atoms with van der Waals surface area (Å²) in [5.74, 6) is 1.82. The Kier molecular flexibility index (Phi) is 3.89. The van der Waals surface area contributed by atoms with Crippen LogP contribution in [-0.4, -0.2) is 19.8 Å². The third-order valence-electron chi connectivity index (χ3n) is 3.20. The zero-order valence-corrected chi connectivity index (χ0v) is 10.8. The van der Waals surface area contributed by atoms with Crippen LogP contribution in [0.2, 0.25) is 0 Å². The fraction of sp³-hybridized carbons (Fsp3) is 0.571. The van der Waals surface area contributed by atoms with Gasteiger partial charge in [-0.2, -0.15) is 0 Å². The van der Waals surface area contributed by atoms with Crippen LogP contribution >= 0.6 is 0 Å². The number of likely N-dealkylation sites (N-methyl/N-ethyl adjacent to an activating group) is 1. The van der Waals surface area contributed by atoms with Crippen molar-refractivity contribution in [2.75, 3.05) is 13.7 Å². The van der Waals surface area contributed by atoms with Crippen molar-refractivity contribution >= 4 is 0 Å². The second-order valence-corrected chi connectivity index (χ2v) is 4.38. The molecule has 3 heteroatoms. The van der Waals surface area contributed by atoms with Crippen molar-refractivity contribution in [2.24, 2.45) is 0 Å². The van der Waals surface area contributed by atoms with E-state index in [9.17, 15) is 0 Å². The van der Waals surface area contributed by atoms with E-state index in [0.717, 1.165) is 30.9 Å². The summed E-state index contributed by atoms with van der Waals surface area (Å²) in [6.45, 7) is 5.28. The molecule has 1 aromatic rings. The summed E-state index contributed by atoms with van der Waals surface area (Å²) in [7, 11) is 1.68. The van der Waals surface area contributed by atoms with E-state index in [-0.39, 0.29) is 6.10 Å². The van der Waals surface area contributed by atoms with Crippen molar-refractivity contribution < 1.29 is 9.47 Å². The standard InChI is InChI=1S/C14H21NO2/c1-4-6-12-14(15-5-2)11-8-7-10(16-3)9-13(11)17-12/h7-9,12,14-15H,4-6H2,1-3H3. The van der Waals surface area contributed by atoms with Gasteiger partial charge in [-0.05, 0) is 25.1 Å². The van der Waals surface area contributed by atoms with Crippen LogP contribution in [0.1, 0.15) is 38.3 Å². The van der Waals surface area contributed by atoms with E-state index in [1.54, 1.807) is 7.11 Å². The topological polar surface area (TPSA) is 30.5 Å². The first kappa shape index (κ1) is 12.2. The molecule has 2 rings (SSSR count). The monoisotopic (exact) mass is 235 g/mol. The zero-order valence-electron chi connectivity index (χ0n) is 10.8. The van der Waals surface area contributed by atoms with Gasteiger partial charge in [0.15, 0.2) is 0 Å².